The normalized spacial score (nSPS) is 14.0. The summed E-state index contributed by atoms with van der Waals surface area (Å²) >= 11 is 1.51. The molecule has 0 unspecified atom stereocenters. The molecule has 120 valence electrons. The lowest BCUT2D eigenvalue weighted by molar-refractivity contribution is 0.0946. The topological polar surface area (TPSA) is 71.5 Å². The number of cyclic esters (lactones) is 1. The highest BCUT2D eigenvalue weighted by atomic mass is 32.1. The number of hydrogen-bond donors (Lipinski definition) is 1. The molecule has 2 heterocycles. The van der Waals surface area contributed by atoms with E-state index in [9.17, 15) is 9.59 Å². The highest BCUT2D eigenvalue weighted by molar-refractivity contribution is 7.11. The van der Waals surface area contributed by atoms with Crippen LogP contribution in [0.15, 0.2) is 24.3 Å². The molecule has 2 aromatic rings. The third kappa shape index (κ3) is 3.34. The second kappa shape index (κ2) is 6.37. The molecule has 2 amide bonds. The summed E-state index contributed by atoms with van der Waals surface area (Å²) in [6, 6.07) is 7.49. The number of amides is 2. The van der Waals surface area contributed by atoms with Gasteiger partial charge in [0.1, 0.15) is 12.3 Å². The predicted molar refractivity (Wildman–Crippen MR) is 87.9 cm³/mol. The van der Waals surface area contributed by atoms with Crippen LogP contribution in [0.4, 0.5) is 10.5 Å². The predicted octanol–water partition coefficient (Wildman–Crippen LogP) is 2.65. The first-order valence-corrected chi connectivity index (χ1v) is 8.11. The molecule has 1 saturated heterocycles. The highest BCUT2D eigenvalue weighted by Crippen LogP contribution is 2.19. The molecule has 1 aromatic heterocycles. The molecule has 0 aliphatic carbocycles. The Balaban J connectivity index is 1.61. The van der Waals surface area contributed by atoms with Crippen LogP contribution in [0.25, 0.3) is 0 Å². The lowest BCUT2D eigenvalue weighted by Gasteiger charge is -2.13. The van der Waals surface area contributed by atoms with Crippen molar-refractivity contribution in [2.45, 2.75) is 20.4 Å². The average Bonchev–Trinajstić information content (AvgIpc) is 3.10. The van der Waals surface area contributed by atoms with Crippen LogP contribution in [-0.4, -0.2) is 30.1 Å². The van der Waals surface area contributed by atoms with E-state index in [4.69, 9.17) is 4.74 Å². The first-order valence-electron chi connectivity index (χ1n) is 7.30. The molecule has 0 bridgehead atoms. The van der Waals surface area contributed by atoms with Crippen LogP contribution in [0.1, 0.15) is 25.9 Å². The molecule has 0 spiro atoms. The first kappa shape index (κ1) is 15.5. The van der Waals surface area contributed by atoms with Crippen molar-refractivity contribution in [3.8, 4) is 0 Å². The van der Waals surface area contributed by atoms with Crippen molar-refractivity contribution in [2.75, 3.05) is 18.1 Å². The molecule has 1 N–H and O–H groups in total. The molecular formula is C16H17N3O3S. The third-order valence-electron chi connectivity index (χ3n) is 3.58. The van der Waals surface area contributed by atoms with Gasteiger partial charge in [-0.1, -0.05) is 12.1 Å². The van der Waals surface area contributed by atoms with Gasteiger partial charge in [-0.25, -0.2) is 9.78 Å². The number of aromatic nitrogens is 1. The van der Waals surface area contributed by atoms with Gasteiger partial charge in [-0.05, 0) is 31.5 Å². The number of carbonyl (C=O) groups is 2. The SMILES string of the molecule is Cc1nc(C(=O)NCc2ccc(N3CCOC3=O)cc2)c(C)s1. The van der Waals surface area contributed by atoms with Gasteiger partial charge >= 0.3 is 6.09 Å². The Kier molecular flexibility index (Phi) is 4.29. The minimum Gasteiger partial charge on any atom is -0.447 e. The number of anilines is 1. The fourth-order valence-electron chi connectivity index (χ4n) is 2.43. The summed E-state index contributed by atoms with van der Waals surface area (Å²) in [6.07, 6.45) is -0.319. The van der Waals surface area contributed by atoms with Crippen molar-refractivity contribution >= 4 is 29.0 Å². The summed E-state index contributed by atoms with van der Waals surface area (Å²) in [5.41, 5.74) is 2.25. The van der Waals surface area contributed by atoms with E-state index in [0.717, 1.165) is 21.1 Å². The van der Waals surface area contributed by atoms with Crippen molar-refractivity contribution in [3.05, 3.63) is 45.4 Å². The quantitative estimate of drug-likeness (QED) is 0.935. The van der Waals surface area contributed by atoms with Gasteiger partial charge in [-0.3, -0.25) is 9.69 Å². The van der Waals surface area contributed by atoms with Gasteiger partial charge in [0.25, 0.3) is 5.91 Å². The number of hydrogen-bond acceptors (Lipinski definition) is 5. The molecule has 0 saturated carbocycles. The number of nitrogens with one attached hydrogen (secondary N) is 1. The van der Waals surface area contributed by atoms with Gasteiger partial charge in [0.15, 0.2) is 0 Å². The fourth-order valence-corrected chi connectivity index (χ4v) is 3.24. The maximum absolute atomic E-state index is 12.1. The van der Waals surface area contributed by atoms with Gasteiger partial charge in [0.2, 0.25) is 0 Å². The van der Waals surface area contributed by atoms with Gasteiger partial charge in [-0.2, -0.15) is 0 Å². The van der Waals surface area contributed by atoms with Gasteiger partial charge in [0.05, 0.1) is 11.6 Å². The number of nitrogens with zero attached hydrogens (tertiary/aromatic N) is 2. The van der Waals surface area contributed by atoms with Crippen LogP contribution in [0.2, 0.25) is 0 Å². The molecule has 1 aliphatic rings. The second-order valence-corrected chi connectivity index (χ2v) is 6.66. The molecule has 1 aromatic carbocycles. The Morgan fingerprint density at radius 3 is 2.65 bits per heavy atom. The third-order valence-corrected chi connectivity index (χ3v) is 4.47. The van der Waals surface area contributed by atoms with Crippen LogP contribution in [0.5, 0.6) is 0 Å². The maximum Gasteiger partial charge on any atom is 0.414 e. The smallest absolute Gasteiger partial charge is 0.414 e. The van der Waals surface area contributed by atoms with Crippen LogP contribution >= 0.6 is 11.3 Å². The molecule has 3 rings (SSSR count). The molecule has 1 aliphatic heterocycles. The Bertz CT molecular complexity index is 740. The van der Waals surface area contributed by atoms with Crippen LogP contribution < -0.4 is 10.2 Å². The van der Waals surface area contributed by atoms with Crippen LogP contribution in [-0.2, 0) is 11.3 Å². The van der Waals surface area contributed by atoms with E-state index in [2.05, 4.69) is 10.3 Å². The van der Waals surface area contributed by atoms with Crippen molar-refractivity contribution in [1.29, 1.82) is 0 Å². The summed E-state index contributed by atoms with van der Waals surface area (Å²) in [5, 5.41) is 3.75. The minimum absolute atomic E-state index is 0.168. The Morgan fingerprint density at radius 1 is 1.35 bits per heavy atom. The molecule has 7 heteroatoms. The number of ether oxygens (including phenoxy) is 1. The van der Waals surface area contributed by atoms with Gasteiger partial charge in [-0.15, -0.1) is 11.3 Å². The lowest BCUT2D eigenvalue weighted by atomic mass is 10.2. The van der Waals surface area contributed by atoms with Gasteiger partial charge < -0.3 is 10.1 Å². The van der Waals surface area contributed by atoms with E-state index in [1.54, 1.807) is 4.90 Å². The zero-order valence-corrected chi connectivity index (χ0v) is 13.8. The Morgan fingerprint density at radius 2 is 2.09 bits per heavy atom. The molecule has 23 heavy (non-hydrogen) atoms. The second-order valence-electron chi connectivity index (χ2n) is 5.25. The number of benzene rings is 1. The standard InChI is InChI=1S/C16H17N3O3S/c1-10-14(18-11(2)23-10)15(20)17-9-12-3-5-13(6-4-12)19-7-8-22-16(19)21/h3-6H,7-9H2,1-2H3,(H,17,20). The van der Waals surface area contributed by atoms with E-state index in [0.29, 0.717) is 25.4 Å². The van der Waals surface area contributed by atoms with E-state index in [1.807, 2.05) is 38.1 Å². The summed E-state index contributed by atoms with van der Waals surface area (Å²) < 4.78 is 4.92. The highest BCUT2D eigenvalue weighted by Gasteiger charge is 2.23. The summed E-state index contributed by atoms with van der Waals surface area (Å²) in [5.74, 6) is -0.168. The van der Waals surface area contributed by atoms with E-state index >= 15 is 0 Å². The van der Waals surface area contributed by atoms with Crippen LogP contribution in [0, 0.1) is 13.8 Å². The number of aryl methyl sites for hydroxylation is 2. The Labute approximate surface area is 138 Å². The van der Waals surface area contributed by atoms with Crippen molar-refractivity contribution in [3.63, 3.8) is 0 Å². The van der Waals surface area contributed by atoms with Crippen LogP contribution in [0.3, 0.4) is 0 Å². The summed E-state index contributed by atoms with van der Waals surface area (Å²) in [7, 11) is 0. The van der Waals surface area contributed by atoms with Crippen molar-refractivity contribution in [1.82, 2.24) is 10.3 Å². The van der Waals surface area contributed by atoms with E-state index in [-0.39, 0.29) is 12.0 Å². The van der Waals surface area contributed by atoms with Crippen molar-refractivity contribution < 1.29 is 14.3 Å². The lowest BCUT2D eigenvalue weighted by Crippen LogP contribution is -2.24. The summed E-state index contributed by atoms with van der Waals surface area (Å²) in [4.78, 5) is 30.4. The molecular weight excluding hydrogens is 314 g/mol. The average molecular weight is 331 g/mol. The monoisotopic (exact) mass is 331 g/mol. The molecule has 6 nitrogen and oxygen atoms in total. The maximum atomic E-state index is 12.1. The van der Waals surface area contributed by atoms with E-state index < -0.39 is 0 Å². The number of carbonyl (C=O) groups excluding carboxylic acids is 2. The summed E-state index contributed by atoms with van der Waals surface area (Å²) in [6.45, 7) is 5.18. The zero-order chi connectivity index (χ0) is 16.4. The number of thiazole rings is 1. The molecule has 0 atom stereocenters. The minimum atomic E-state index is -0.319. The molecule has 1 fully saturated rings. The first-order chi connectivity index (χ1) is 11.0. The van der Waals surface area contributed by atoms with Crippen molar-refractivity contribution in [2.24, 2.45) is 0 Å². The zero-order valence-electron chi connectivity index (χ0n) is 13.0. The van der Waals surface area contributed by atoms with E-state index in [1.165, 1.54) is 11.3 Å². The Hall–Kier alpha value is -2.41. The largest absolute Gasteiger partial charge is 0.447 e. The fraction of sp³-hybridized carbons (Fsp3) is 0.312. The van der Waals surface area contributed by atoms with Gasteiger partial charge in [0, 0.05) is 17.1 Å². The molecule has 0 radical (unpaired) electrons. The number of rotatable bonds is 4.